The molecule has 0 aliphatic heterocycles. The lowest BCUT2D eigenvalue weighted by atomic mass is 10.2. The van der Waals surface area contributed by atoms with E-state index in [2.05, 4.69) is 33.5 Å². The summed E-state index contributed by atoms with van der Waals surface area (Å²) in [6, 6.07) is 12.3. The Labute approximate surface area is 144 Å². The Morgan fingerprint density at radius 1 is 1.33 bits per heavy atom. The van der Waals surface area contributed by atoms with Crippen LogP contribution in [0.25, 0.3) is 11.6 Å². The lowest BCUT2D eigenvalue weighted by Crippen LogP contribution is -1.99. The fraction of sp³-hybridized carbons (Fsp3) is 0.111. The Hall–Kier alpha value is -3.04. The summed E-state index contributed by atoms with van der Waals surface area (Å²) >= 11 is 1.47. The molecule has 5 nitrogen and oxygen atoms in total. The molecule has 0 fully saturated rings. The Morgan fingerprint density at radius 2 is 2.17 bits per heavy atom. The third-order valence-electron chi connectivity index (χ3n) is 3.24. The van der Waals surface area contributed by atoms with E-state index in [1.165, 1.54) is 16.9 Å². The van der Waals surface area contributed by atoms with E-state index in [0.29, 0.717) is 12.1 Å². The van der Waals surface area contributed by atoms with Gasteiger partial charge < -0.3 is 0 Å². The van der Waals surface area contributed by atoms with E-state index in [4.69, 9.17) is 0 Å². The fourth-order valence-electron chi connectivity index (χ4n) is 2.11. The molecule has 6 heteroatoms. The topological polar surface area (TPSA) is 67.4 Å². The zero-order valence-corrected chi connectivity index (χ0v) is 13.9. The van der Waals surface area contributed by atoms with Gasteiger partial charge in [-0.3, -0.25) is 0 Å². The lowest BCUT2D eigenvalue weighted by Gasteiger charge is -1.98. The van der Waals surface area contributed by atoms with Crippen LogP contribution in [-0.2, 0) is 6.54 Å². The molecule has 24 heavy (non-hydrogen) atoms. The molecule has 0 saturated heterocycles. The van der Waals surface area contributed by atoms with Crippen molar-refractivity contribution in [1.29, 1.82) is 5.26 Å². The fourth-order valence-corrected chi connectivity index (χ4v) is 2.89. The second-order valence-corrected chi connectivity index (χ2v) is 6.03. The third-order valence-corrected chi connectivity index (χ3v) is 4.24. The van der Waals surface area contributed by atoms with Crippen LogP contribution in [0.1, 0.15) is 22.0 Å². The highest BCUT2D eigenvalue weighted by Crippen LogP contribution is 2.18. The molecule has 0 saturated carbocycles. The summed E-state index contributed by atoms with van der Waals surface area (Å²) in [6.45, 7) is 2.59. The van der Waals surface area contributed by atoms with Gasteiger partial charge in [-0.15, -0.1) is 16.4 Å². The van der Waals surface area contributed by atoms with Crippen LogP contribution in [0.3, 0.4) is 0 Å². The second kappa shape index (κ2) is 7.49. The molecule has 0 atom stereocenters. The molecular formula is C18H15N5S. The molecule has 3 aromatic rings. The van der Waals surface area contributed by atoms with Gasteiger partial charge in [0.2, 0.25) is 0 Å². The van der Waals surface area contributed by atoms with E-state index >= 15 is 0 Å². The van der Waals surface area contributed by atoms with Crippen molar-refractivity contribution < 1.29 is 0 Å². The molecule has 0 aliphatic carbocycles. The highest BCUT2D eigenvalue weighted by atomic mass is 32.1. The molecule has 3 rings (SSSR count). The van der Waals surface area contributed by atoms with Crippen molar-refractivity contribution in [2.75, 3.05) is 0 Å². The monoisotopic (exact) mass is 333 g/mol. The SMILES string of the molecule is Cc1csc(/C(C#N)=C/C=C/c2cn(Cc3ccccc3)nn2)n1. The molecule has 0 spiro atoms. The molecule has 2 heterocycles. The van der Waals surface area contributed by atoms with Crippen LogP contribution in [0.2, 0.25) is 0 Å². The predicted octanol–water partition coefficient (Wildman–Crippen LogP) is 3.71. The number of hydrogen-bond acceptors (Lipinski definition) is 5. The van der Waals surface area contributed by atoms with Crippen LogP contribution >= 0.6 is 11.3 Å². The molecule has 0 unspecified atom stereocenters. The van der Waals surface area contributed by atoms with E-state index in [0.717, 1.165) is 16.4 Å². The predicted molar refractivity (Wildman–Crippen MR) is 95.0 cm³/mol. The Kier molecular flexibility index (Phi) is 4.94. The van der Waals surface area contributed by atoms with Crippen LogP contribution in [0, 0.1) is 18.3 Å². The maximum Gasteiger partial charge on any atom is 0.134 e. The number of thiazole rings is 1. The lowest BCUT2D eigenvalue weighted by molar-refractivity contribution is 0.649. The van der Waals surface area contributed by atoms with Crippen molar-refractivity contribution >= 4 is 23.0 Å². The summed E-state index contributed by atoms with van der Waals surface area (Å²) < 4.78 is 1.79. The minimum Gasteiger partial charge on any atom is -0.248 e. The summed E-state index contributed by atoms with van der Waals surface area (Å²) in [7, 11) is 0. The van der Waals surface area contributed by atoms with Gasteiger partial charge in [0, 0.05) is 11.1 Å². The molecular weight excluding hydrogens is 318 g/mol. The van der Waals surface area contributed by atoms with Crippen LogP contribution in [0.4, 0.5) is 0 Å². The average Bonchev–Trinajstić information content (AvgIpc) is 3.22. The summed E-state index contributed by atoms with van der Waals surface area (Å²) in [5.74, 6) is 0. The van der Waals surface area contributed by atoms with Gasteiger partial charge in [-0.25, -0.2) is 9.67 Å². The maximum absolute atomic E-state index is 9.24. The minimum atomic E-state index is 0.543. The van der Waals surface area contributed by atoms with E-state index < -0.39 is 0 Å². The van der Waals surface area contributed by atoms with Gasteiger partial charge in [0.1, 0.15) is 16.8 Å². The van der Waals surface area contributed by atoms with Crippen LogP contribution in [0.15, 0.2) is 54.1 Å². The molecule has 0 bridgehead atoms. The van der Waals surface area contributed by atoms with Crippen LogP contribution < -0.4 is 0 Å². The highest BCUT2D eigenvalue weighted by molar-refractivity contribution is 7.10. The quantitative estimate of drug-likeness (QED) is 0.527. The average molecular weight is 333 g/mol. The number of rotatable bonds is 5. The van der Waals surface area contributed by atoms with Crippen molar-refractivity contribution in [2.24, 2.45) is 0 Å². The van der Waals surface area contributed by atoms with E-state index in [1.807, 2.05) is 42.8 Å². The molecule has 2 aromatic heterocycles. The van der Waals surface area contributed by atoms with E-state index in [9.17, 15) is 5.26 Å². The van der Waals surface area contributed by atoms with Crippen molar-refractivity contribution in [3.8, 4) is 6.07 Å². The maximum atomic E-state index is 9.24. The number of nitrogens with zero attached hydrogens (tertiary/aromatic N) is 5. The largest absolute Gasteiger partial charge is 0.248 e. The number of nitriles is 1. The first-order chi connectivity index (χ1) is 11.7. The number of aromatic nitrogens is 4. The minimum absolute atomic E-state index is 0.543. The first kappa shape index (κ1) is 15.8. The van der Waals surface area contributed by atoms with Gasteiger partial charge in [-0.05, 0) is 24.6 Å². The summed E-state index contributed by atoms with van der Waals surface area (Å²) in [6.07, 6.45) is 7.24. The van der Waals surface area contributed by atoms with Crippen molar-refractivity contribution in [3.63, 3.8) is 0 Å². The number of aryl methyl sites for hydroxylation is 1. The highest BCUT2D eigenvalue weighted by Gasteiger charge is 2.04. The Morgan fingerprint density at radius 3 is 2.88 bits per heavy atom. The molecule has 1 aromatic carbocycles. The first-order valence-electron chi connectivity index (χ1n) is 7.39. The zero-order valence-electron chi connectivity index (χ0n) is 13.1. The summed E-state index contributed by atoms with van der Waals surface area (Å²) in [4.78, 5) is 4.32. The standard InChI is InChI=1S/C18H15N5S/c1-14-13-24-18(20-14)16(10-19)8-5-9-17-12-23(22-21-17)11-15-6-3-2-4-7-15/h2-9,12-13H,11H2,1H3/b9-5+,16-8+. The van der Waals surface area contributed by atoms with Gasteiger partial charge in [0.25, 0.3) is 0 Å². The van der Waals surface area contributed by atoms with Crippen molar-refractivity contribution in [2.45, 2.75) is 13.5 Å². The van der Waals surface area contributed by atoms with Gasteiger partial charge in [0.15, 0.2) is 0 Å². The van der Waals surface area contributed by atoms with E-state index in [-0.39, 0.29) is 0 Å². The zero-order chi connectivity index (χ0) is 16.8. The molecule has 0 N–H and O–H groups in total. The number of hydrogen-bond donors (Lipinski definition) is 0. The van der Waals surface area contributed by atoms with E-state index in [1.54, 1.807) is 16.8 Å². The van der Waals surface area contributed by atoms with Crippen LogP contribution in [0.5, 0.6) is 0 Å². The molecule has 0 aliphatic rings. The summed E-state index contributed by atoms with van der Waals surface area (Å²) in [5.41, 5.74) is 3.38. The van der Waals surface area contributed by atoms with Crippen molar-refractivity contribution in [3.05, 3.63) is 76.0 Å². The Bertz CT molecular complexity index is 912. The van der Waals surface area contributed by atoms with Gasteiger partial charge in [0.05, 0.1) is 18.3 Å². The molecule has 0 amide bonds. The summed E-state index contributed by atoms with van der Waals surface area (Å²) in [5, 5.41) is 20.1. The normalized spacial score (nSPS) is 11.8. The van der Waals surface area contributed by atoms with Gasteiger partial charge in [-0.1, -0.05) is 41.6 Å². The number of benzene rings is 1. The molecule has 0 radical (unpaired) electrons. The third kappa shape index (κ3) is 4.03. The van der Waals surface area contributed by atoms with Gasteiger partial charge >= 0.3 is 0 Å². The molecule has 118 valence electrons. The Balaban J connectivity index is 1.69. The smallest absolute Gasteiger partial charge is 0.134 e. The van der Waals surface area contributed by atoms with Crippen molar-refractivity contribution in [1.82, 2.24) is 20.0 Å². The van der Waals surface area contributed by atoms with Crippen LogP contribution in [-0.4, -0.2) is 20.0 Å². The second-order valence-electron chi connectivity index (χ2n) is 5.17. The van der Waals surface area contributed by atoms with Gasteiger partial charge in [-0.2, -0.15) is 5.26 Å². The first-order valence-corrected chi connectivity index (χ1v) is 8.27. The number of allylic oxidation sites excluding steroid dienone is 3.